The Bertz CT molecular complexity index is 2050. The van der Waals surface area contributed by atoms with Gasteiger partial charge in [0.25, 0.3) is 0 Å². The van der Waals surface area contributed by atoms with Crippen LogP contribution < -0.4 is 9.47 Å². The predicted octanol–water partition coefficient (Wildman–Crippen LogP) is 7.68. The zero-order chi connectivity index (χ0) is 33.3. The van der Waals surface area contributed by atoms with E-state index in [0.717, 1.165) is 27.8 Å². The van der Waals surface area contributed by atoms with Crippen molar-refractivity contribution >= 4 is 11.6 Å². The maximum atomic E-state index is 14.3. The summed E-state index contributed by atoms with van der Waals surface area (Å²) < 4.78 is 40.0. The van der Waals surface area contributed by atoms with Crippen LogP contribution in [0.3, 0.4) is 0 Å². The largest absolute Gasteiger partial charge is 0.481 e. The lowest BCUT2D eigenvalue weighted by Crippen LogP contribution is -2.30. The second-order valence-electron chi connectivity index (χ2n) is 12.3. The number of esters is 1. The van der Waals surface area contributed by atoms with Crippen LogP contribution in [0.5, 0.6) is 11.5 Å². The third-order valence-corrected chi connectivity index (χ3v) is 7.66. The Morgan fingerprint density at radius 1 is 0.957 bits per heavy atom. The summed E-state index contributed by atoms with van der Waals surface area (Å²) in [5, 5.41) is 5.05. The van der Waals surface area contributed by atoms with Crippen molar-refractivity contribution < 1.29 is 28.1 Å². The molecule has 0 fully saturated rings. The van der Waals surface area contributed by atoms with Crippen molar-refractivity contribution in [1.82, 2.24) is 14.6 Å². The van der Waals surface area contributed by atoms with Crippen LogP contribution in [0.25, 0.3) is 39.3 Å². The lowest BCUT2D eigenvalue weighted by atomic mass is 9.98. The third kappa shape index (κ3) is 6.69. The molecular formula is C38H36FN3O5. The van der Waals surface area contributed by atoms with Crippen molar-refractivity contribution in [3.05, 3.63) is 89.4 Å². The van der Waals surface area contributed by atoms with Gasteiger partial charge in [-0.1, -0.05) is 42.2 Å². The van der Waals surface area contributed by atoms with Gasteiger partial charge < -0.3 is 18.9 Å². The molecule has 0 saturated heterocycles. The molecule has 240 valence electrons. The number of aromatic nitrogens is 3. The van der Waals surface area contributed by atoms with Gasteiger partial charge in [0.2, 0.25) is 0 Å². The fourth-order valence-corrected chi connectivity index (χ4v) is 5.59. The average molecular weight is 634 g/mol. The highest BCUT2D eigenvalue weighted by Crippen LogP contribution is 2.39. The summed E-state index contributed by atoms with van der Waals surface area (Å²) in [6, 6.07) is 20.0. The number of ether oxygens (including phenoxy) is 4. The fourth-order valence-electron chi connectivity index (χ4n) is 5.59. The molecule has 6 rings (SSSR count). The van der Waals surface area contributed by atoms with Crippen LogP contribution >= 0.6 is 0 Å². The standard InChI is InChI=1S/C38H36FN3O5/c1-7-44-37(43)36(47-38(4,5)6)34-24(3)40-33-22-30-26-12-10-11-25(19-26)29-16-15-28(39)21-32(29)46-18-9-8-17-45-31-20-27(14-13-23(31)2)35(34)42(33)41-30/h10-16,19-22,36H,7,17-18H2,1-6H3/t36-/m0/s1. The number of fused-ring (bicyclic) bond motifs is 9. The summed E-state index contributed by atoms with van der Waals surface area (Å²) in [6.07, 6.45) is -1.08. The minimum Gasteiger partial charge on any atom is -0.481 e. The summed E-state index contributed by atoms with van der Waals surface area (Å²) >= 11 is 0. The molecule has 0 spiro atoms. The van der Waals surface area contributed by atoms with E-state index in [1.807, 2.05) is 83.1 Å². The SMILES string of the molecule is CCOC(=O)[C@@H](OC(C)(C)C)c1c(C)nc2cc3nn2c1-c1ccc(C)c(c1)OCC#CCOc1cc(F)ccc1-c1cccc-3c1. The summed E-state index contributed by atoms with van der Waals surface area (Å²) in [5.74, 6) is 6.03. The summed E-state index contributed by atoms with van der Waals surface area (Å²) in [4.78, 5) is 18.5. The third-order valence-electron chi connectivity index (χ3n) is 7.66. The highest BCUT2D eigenvalue weighted by Gasteiger charge is 2.34. The first kappa shape index (κ1) is 31.8. The number of carbonyl (C=O) groups is 1. The highest BCUT2D eigenvalue weighted by atomic mass is 19.1. The first-order chi connectivity index (χ1) is 22.5. The molecule has 47 heavy (non-hydrogen) atoms. The van der Waals surface area contributed by atoms with Gasteiger partial charge in [-0.15, -0.1) is 0 Å². The van der Waals surface area contributed by atoms with Gasteiger partial charge in [-0.05, 0) is 76.9 Å². The van der Waals surface area contributed by atoms with Gasteiger partial charge in [-0.25, -0.2) is 18.7 Å². The number of rotatable bonds is 4. The van der Waals surface area contributed by atoms with Gasteiger partial charge in [-0.3, -0.25) is 0 Å². The molecule has 0 amide bonds. The highest BCUT2D eigenvalue weighted by molar-refractivity contribution is 5.83. The molecule has 6 bridgehead atoms. The summed E-state index contributed by atoms with van der Waals surface area (Å²) in [5.41, 5.74) is 6.34. The number of hydrogen-bond acceptors (Lipinski definition) is 7. The molecule has 8 nitrogen and oxygen atoms in total. The number of benzene rings is 3. The molecule has 5 aromatic rings. The van der Waals surface area contributed by atoms with E-state index in [1.165, 1.54) is 12.1 Å². The second kappa shape index (κ2) is 12.9. The normalized spacial score (nSPS) is 13.3. The van der Waals surface area contributed by atoms with Gasteiger partial charge in [-0.2, -0.15) is 5.10 Å². The van der Waals surface area contributed by atoms with E-state index in [1.54, 1.807) is 17.5 Å². The zero-order valence-electron chi connectivity index (χ0n) is 27.3. The van der Waals surface area contributed by atoms with Gasteiger partial charge in [0.15, 0.2) is 11.8 Å². The Balaban J connectivity index is 1.64. The average Bonchev–Trinajstić information content (AvgIpc) is 3.45. The fraction of sp³-hybridized carbons (Fsp3) is 0.289. The maximum Gasteiger partial charge on any atom is 0.340 e. The molecule has 9 heteroatoms. The number of halogens is 1. The first-order valence-electron chi connectivity index (χ1n) is 15.5. The van der Waals surface area contributed by atoms with E-state index in [9.17, 15) is 9.18 Å². The van der Waals surface area contributed by atoms with Crippen molar-refractivity contribution in [2.45, 2.75) is 53.2 Å². The first-order valence-corrected chi connectivity index (χ1v) is 15.5. The number of carbonyl (C=O) groups excluding carboxylic acids is 1. The molecule has 0 N–H and O–H groups in total. The molecule has 0 saturated carbocycles. The van der Waals surface area contributed by atoms with Crippen LogP contribution in [0.1, 0.15) is 50.6 Å². The molecule has 0 unspecified atom stereocenters. The van der Waals surface area contributed by atoms with Crippen molar-refractivity contribution in [3.8, 4) is 57.0 Å². The monoisotopic (exact) mass is 633 g/mol. The Hall–Kier alpha value is -5.20. The van der Waals surface area contributed by atoms with Crippen molar-refractivity contribution in [2.75, 3.05) is 19.8 Å². The molecule has 0 aliphatic carbocycles. The minimum atomic E-state index is -1.08. The van der Waals surface area contributed by atoms with Crippen LogP contribution in [0.15, 0.2) is 66.7 Å². The Labute approximate surface area is 273 Å². The van der Waals surface area contributed by atoms with Crippen LogP contribution in [0, 0.1) is 31.5 Å². The van der Waals surface area contributed by atoms with E-state index >= 15 is 0 Å². The second-order valence-corrected chi connectivity index (χ2v) is 12.3. The molecule has 2 aromatic heterocycles. The maximum absolute atomic E-state index is 14.3. The van der Waals surface area contributed by atoms with Crippen LogP contribution in [-0.2, 0) is 14.3 Å². The van der Waals surface area contributed by atoms with Crippen molar-refractivity contribution in [3.63, 3.8) is 0 Å². The van der Waals surface area contributed by atoms with Crippen LogP contribution in [-0.4, -0.2) is 46.0 Å². The number of aryl methyl sites for hydroxylation is 2. The van der Waals surface area contributed by atoms with E-state index in [-0.39, 0.29) is 19.8 Å². The summed E-state index contributed by atoms with van der Waals surface area (Å²) in [6.45, 7) is 11.6. The Morgan fingerprint density at radius 3 is 2.45 bits per heavy atom. The van der Waals surface area contributed by atoms with Gasteiger partial charge in [0, 0.05) is 40.1 Å². The van der Waals surface area contributed by atoms with Crippen LogP contribution in [0.4, 0.5) is 4.39 Å². The molecule has 3 heterocycles. The van der Waals surface area contributed by atoms with Gasteiger partial charge >= 0.3 is 5.97 Å². The lowest BCUT2D eigenvalue weighted by Gasteiger charge is -2.28. The molecule has 1 aliphatic heterocycles. The number of nitrogens with zero attached hydrogens (tertiary/aromatic N) is 3. The van der Waals surface area contributed by atoms with Gasteiger partial charge in [0.05, 0.1) is 23.6 Å². The number of hydrogen-bond donors (Lipinski definition) is 0. The molecule has 1 aliphatic rings. The molecule has 3 aromatic carbocycles. The summed E-state index contributed by atoms with van der Waals surface area (Å²) in [7, 11) is 0. The van der Waals surface area contributed by atoms with E-state index < -0.39 is 23.5 Å². The van der Waals surface area contributed by atoms with E-state index in [2.05, 4.69) is 11.8 Å². The predicted molar refractivity (Wildman–Crippen MR) is 178 cm³/mol. The minimum absolute atomic E-state index is 0.0577. The van der Waals surface area contributed by atoms with Crippen molar-refractivity contribution in [1.29, 1.82) is 0 Å². The molecule has 1 atom stereocenters. The lowest BCUT2D eigenvalue weighted by molar-refractivity contribution is -0.166. The van der Waals surface area contributed by atoms with Crippen molar-refractivity contribution in [2.24, 2.45) is 0 Å². The molecule has 0 radical (unpaired) electrons. The smallest absolute Gasteiger partial charge is 0.340 e. The Kier molecular flexibility index (Phi) is 8.71. The quantitative estimate of drug-likeness (QED) is 0.148. The van der Waals surface area contributed by atoms with E-state index in [0.29, 0.717) is 39.8 Å². The van der Waals surface area contributed by atoms with Crippen LogP contribution in [0.2, 0.25) is 0 Å². The topological polar surface area (TPSA) is 84.2 Å². The van der Waals surface area contributed by atoms with E-state index in [4.69, 9.17) is 29.0 Å². The Morgan fingerprint density at radius 2 is 1.70 bits per heavy atom. The molecular weight excluding hydrogens is 597 g/mol. The zero-order valence-corrected chi connectivity index (χ0v) is 27.3. The van der Waals surface area contributed by atoms with Gasteiger partial charge in [0.1, 0.15) is 30.5 Å².